The Kier molecular flexibility index (Phi) is 3.94. The lowest BCUT2D eigenvalue weighted by atomic mass is 10.1. The molecule has 13 heavy (non-hydrogen) atoms. The van der Waals surface area contributed by atoms with E-state index in [4.69, 9.17) is 4.74 Å². The summed E-state index contributed by atoms with van der Waals surface area (Å²) in [4.78, 5) is 0. The molecule has 0 aromatic rings. The summed E-state index contributed by atoms with van der Waals surface area (Å²) < 4.78 is 5.58. The number of nitrogens with one attached hydrogen (secondary N) is 1. The van der Waals surface area contributed by atoms with Gasteiger partial charge < -0.3 is 10.1 Å². The summed E-state index contributed by atoms with van der Waals surface area (Å²) in [6.07, 6.45) is 5.68. The maximum absolute atomic E-state index is 5.58. The zero-order valence-electron chi connectivity index (χ0n) is 8.97. The lowest BCUT2D eigenvalue weighted by Crippen LogP contribution is -2.19. The topological polar surface area (TPSA) is 21.3 Å². The van der Waals surface area contributed by atoms with Gasteiger partial charge in [0.1, 0.15) is 0 Å². The largest absolute Gasteiger partial charge is 0.372 e. The van der Waals surface area contributed by atoms with E-state index in [1.807, 2.05) is 0 Å². The van der Waals surface area contributed by atoms with Gasteiger partial charge in [0.2, 0.25) is 0 Å². The second-order valence-electron chi connectivity index (χ2n) is 4.60. The van der Waals surface area contributed by atoms with E-state index in [9.17, 15) is 0 Å². The predicted molar refractivity (Wildman–Crippen MR) is 55.8 cm³/mol. The smallest absolute Gasteiger partial charge is 0.0654 e. The van der Waals surface area contributed by atoms with Crippen molar-refractivity contribution in [2.24, 2.45) is 5.92 Å². The third kappa shape index (κ3) is 5.06. The highest BCUT2D eigenvalue weighted by Gasteiger charge is 2.11. The quantitative estimate of drug-likeness (QED) is 0.675. The molecule has 0 spiro atoms. The molecule has 1 aliphatic rings. The van der Waals surface area contributed by atoms with Gasteiger partial charge >= 0.3 is 0 Å². The Bertz CT molecular complexity index is 163. The average molecular weight is 183 g/mol. The fourth-order valence-corrected chi connectivity index (χ4v) is 1.39. The molecule has 2 heteroatoms. The average Bonchev–Trinajstić information content (AvgIpc) is 2.48. The summed E-state index contributed by atoms with van der Waals surface area (Å²) in [7, 11) is 0. The Morgan fingerprint density at radius 2 is 2.23 bits per heavy atom. The van der Waals surface area contributed by atoms with Crippen LogP contribution in [0.5, 0.6) is 0 Å². The lowest BCUT2D eigenvalue weighted by molar-refractivity contribution is 0.0148. The fraction of sp³-hybridized carbons (Fsp3) is 0.818. The molecular formula is C11H21NO. The molecule has 0 bridgehead atoms. The second-order valence-corrected chi connectivity index (χ2v) is 4.60. The highest BCUT2D eigenvalue weighted by Crippen LogP contribution is 2.10. The molecule has 0 amide bonds. The molecule has 0 saturated carbocycles. The molecule has 0 aromatic carbocycles. The number of rotatable bonds is 3. The van der Waals surface area contributed by atoms with Crippen LogP contribution in [0.25, 0.3) is 0 Å². The van der Waals surface area contributed by atoms with Gasteiger partial charge in [0.05, 0.1) is 12.2 Å². The van der Waals surface area contributed by atoms with Gasteiger partial charge in [-0.1, -0.05) is 12.2 Å². The van der Waals surface area contributed by atoms with Crippen molar-refractivity contribution in [3.63, 3.8) is 0 Å². The first-order valence-electron chi connectivity index (χ1n) is 5.09. The Balaban J connectivity index is 2.10. The van der Waals surface area contributed by atoms with Gasteiger partial charge in [-0.25, -0.2) is 0 Å². The molecule has 0 aromatic heterocycles. The van der Waals surface area contributed by atoms with E-state index in [2.05, 4.69) is 38.2 Å². The molecule has 1 N–H and O–H groups in total. The van der Waals surface area contributed by atoms with Crippen LogP contribution in [0.3, 0.4) is 0 Å². The van der Waals surface area contributed by atoms with Crippen LogP contribution in [0.2, 0.25) is 0 Å². The molecular weight excluding hydrogens is 162 g/mol. The van der Waals surface area contributed by atoms with Crippen LogP contribution < -0.4 is 5.32 Å². The number of hydrogen-bond acceptors (Lipinski definition) is 2. The van der Waals surface area contributed by atoms with Gasteiger partial charge in [0.25, 0.3) is 0 Å². The van der Waals surface area contributed by atoms with Crippen LogP contribution in [0, 0.1) is 5.92 Å². The Morgan fingerprint density at radius 1 is 1.46 bits per heavy atom. The van der Waals surface area contributed by atoms with Crippen molar-refractivity contribution < 1.29 is 4.74 Å². The van der Waals surface area contributed by atoms with Gasteiger partial charge in [-0.15, -0.1) is 0 Å². The third-order valence-corrected chi connectivity index (χ3v) is 2.12. The van der Waals surface area contributed by atoms with E-state index in [0.717, 1.165) is 25.6 Å². The van der Waals surface area contributed by atoms with Crippen LogP contribution in [0.1, 0.15) is 27.2 Å². The maximum atomic E-state index is 5.58. The Labute approximate surface area is 81.4 Å². The summed E-state index contributed by atoms with van der Waals surface area (Å²) in [6, 6.07) is 0. The first kappa shape index (κ1) is 10.7. The molecule has 2 nitrogen and oxygen atoms in total. The zero-order valence-corrected chi connectivity index (χ0v) is 8.97. The van der Waals surface area contributed by atoms with Crippen LogP contribution in [0.4, 0.5) is 0 Å². The Morgan fingerprint density at radius 3 is 2.77 bits per heavy atom. The van der Waals surface area contributed by atoms with E-state index in [1.54, 1.807) is 0 Å². The summed E-state index contributed by atoms with van der Waals surface area (Å²) in [5.74, 6) is 0.726. The monoisotopic (exact) mass is 183 g/mol. The Hall–Kier alpha value is -0.340. The normalized spacial score (nSPS) is 24.4. The molecule has 1 unspecified atom stereocenters. The van der Waals surface area contributed by atoms with Crippen molar-refractivity contribution in [3.05, 3.63) is 12.2 Å². The van der Waals surface area contributed by atoms with Gasteiger partial charge in [-0.3, -0.25) is 0 Å². The molecule has 1 heterocycles. The standard InChI is InChI=1S/C11H21NO/c1-11(2,3)13-8-4-5-10-6-7-12-9-10/h4-5,10,12H,6-9H2,1-3H3/b5-4+. The van der Waals surface area contributed by atoms with Gasteiger partial charge in [0, 0.05) is 6.54 Å². The summed E-state index contributed by atoms with van der Waals surface area (Å²) in [5.41, 5.74) is -0.0156. The first-order valence-corrected chi connectivity index (χ1v) is 5.09. The van der Waals surface area contributed by atoms with Crippen LogP contribution in [-0.4, -0.2) is 25.3 Å². The molecule has 1 rings (SSSR count). The minimum absolute atomic E-state index is 0.0156. The molecule has 1 fully saturated rings. The molecule has 0 radical (unpaired) electrons. The minimum atomic E-state index is -0.0156. The molecule has 76 valence electrons. The summed E-state index contributed by atoms with van der Waals surface area (Å²) >= 11 is 0. The maximum Gasteiger partial charge on any atom is 0.0654 e. The zero-order chi connectivity index (χ0) is 9.73. The van der Waals surface area contributed by atoms with E-state index in [1.165, 1.54) is 6.42 Å². The third-order valence-electron chi connectivity index (χ3n) is 2.12. The van der Waals surface area contributed by atoms with Crippen LogP contribution in [0.15, 0.2) is 12.2 Å². The number of hydrogen-bond donors (Lipinski definition) is 1. The number of ether oxygens (including phenoxy) is 1. The summed E-state index contributed by atoms with van der Waals surface area (Å²) in [6.45, 7) is 9.27. The van der Waals surface area contributed by atoms with Crippen molar-refractivity contribution in [1.29, 1.82) is 0 Å². The van der Waals surface area contributed by atoms with Crippen molar-refractivity contribution in [1.82, 2.24) is 5.32 Å². The SMILES string of the molecule is CC(C)(C)OC/C=C/C1CCNC1. The summed E-state index contributed by atoms with van der Waals surface area (Å²) in [5, 5.41) is 3.34. The predicted octanol–water partition coefficient (Wildman–Crippen LogP) is 1.97. The molecule has 1 atom stereocenters. The minimum Gasteiger partial charge on any atom is -0.372 e. The van der Waals surface area contributed by atoms with E-state index in [0.29, 0.717) is 0 Å². The molecule has 1 aliphatic heterocycles. The van der Waals surface area contributed by atoms with Crippen molar-refractivity contribution in [2.45, 2.75) is 32.8 Å². The van der Waals surface area contributed by atoms with Crippen molar-refractivity contribution in [3.8, 4) is 0 Å². The van der Waals surface area contributed by atoms with E-state index >= 15 is 0 Å². The molecule has 0 aliphatic carbocycles. The highest BCUT2D eigenvalue weighted by molar-refractivity contribution is 4.92. The van der Waals surface area contributed by atoms with E-state index in [-0.39, 0.29) is 5.60 Å². The lowest BCUT2D eigenvalue weighted by Gasteiger charge is -2.18. The van der Waals surface area contributed by atoms with Gasteiger partial charge in [-0.05, 0) is 39.7 Å². The van der Waals surface area contributed by atoms with Crippen LogP contribution in [-0.2, 0) is 4.74 Å². The second kappa shape index (κ2) is 4.77. The van der Waals surface area contributed by atoms with Crippen LogP contribution >= 0.6 is 0 Å². The first-order chi connectivity index (χ1) is 6.08. The molecule has 1 saturated heterocycles. The van der Waals surface area contributed by atoms with Gasteiger partial charge in [-0.2, -0.15) is 0 Å². The van der Waals surface area contributed by atoms with Gasteiger partial charge in [0.15, 0.2) is 0 Å². The fourth-order valence-electron chi connectivity index (χ4n) is 1.39. The van der Waals surface area contributed by atoms with Crippen molar-refractivity contribution >= 4 is 0 Å². The van der Waals surface area contributed by atoms with Crippen molar-refractivity contribution in [2.75, 3.05) is 19.7 Å². The highest BCUT2D eigenvalue weighted by atomic mass is 16.5. The van der Waals surface area contributed by atoms with E-state index < -0.39 is 0 Å².